The fourth-order valence-electron chi connectivity index (χ4n) is 4.07. The molecule has 0 saturated heterocycles. The Morgan fingerprint density at radius 1 is 0.973 bits per heavy atom. The lowest BCUT2D eigenvalue weighted by atomic mass is 9.93. The fourth-order valence-corrected chi connectivity index (χ4v) is 4.07. The van der Waals surface area contributed by atoms with Crippen molar-refractivity contribution in [1.82, 2.24) is 15.5 Å². The molecule has 0 aliphatic heterocycles. The molecule has 0 aliphatic carbocycles. The summed E-state index contributed by atoms with van der Waals surface area (Å²) in [5.41, 5.74) is 0.402. The van der Waals surface area contributed by atoms with E-state index in [9.17, 15) is 14.4 Å². The minimum atomic E-state index is -0.967. The summed E-state index contributed by atoms with van der Waals surface area (Å²) < 4.78 is 5.44. The molecule has 7 nitrogen and oxygen atoms in total. The van der Waals surface area contributed by atoms with Crippen molar-refractivity contribution in [3.63, 3.8) is 0 Å². The maximum atomic E-state index is 14.3. The number of hydrogen-bond acceptors (Lipinski definition) is 4. The second-order valence-corrected chi connectivity index (χ2v) is 11.7. The van der Waals surface area contributed by atoms with Crippen LogP contribution in [0.3, 0.4) is 0 Å². The normalized spacial score (nSPS) is 14.1. The van der Waals surface area contributed by atoms with Crippen LogP contribution in [-0.2, 0) is 14.3 Å². The third-order valence-electron chi connectivity index (χ3n) is 5.86. The van der Waals surface area contributed by atoms with Gasteiger partial charge in [0.25, 0.3) is 0 Å². The molecule has 2 N–H and O–H groups in total. The summed E-state index contributed by atoms with van der Waals surface area (Å²) in [5.74, 6) is 2.16. The van der Waals surface area contributed by atoms with Gasteiger partial charge in [-0.15, -0.1) is 6.42 Å². The number of carbonyl (C=O) groups excluding carboxylic acids is 3. The van der Waals surface area contributed by atoms with Crippen LogP contribution in [0.25, 0.3) is 0 Å². The van der Waals surface area contributed by atoms with E-state index in [1.165, 1.54) is 0 Å². The molecule has 0 aliphatic rings. The molecule has 0 aromatic heterocycles. The fraction of sp³-hybridized carbons (Fsp3) is 0.633. The summed E-state index contributed by atoms with van der Waals surface area (Å²) >= 11 is 0. The van der Waals surface area contributed by atoms with Crippen molar-refractivity contribution in [3.8, 4) is 12.3 Å². The van der Waals surface area contributed by atoms with Crippen molar-refractivity contribution in [3.05, 3.63) is 35.4 Å². The second-order valence-electron chi connectivity index (χ2n) is 11.7. The molecule has 0 fully saturated rings. The Morgan fingerprint density at radius 2 is 1.57 bits per heavy atom. The number of nitrogens with one attached hydrogen (secondary N) is 2. The lowest BCUT2D eigenvalue weighted by molar-refractivity contribution is -0.146. The van der Waals surface area contributed by atoms with Gasteiger partial charge in [0.2, 0.25) is 11.8 Å². The molecular weight excluding hydrogens is 466 g/mol. The lowest BCUT2D eigenvalue weighted by Crippen LogP contribution is -2.57. The van der Waals surface area contributed by atoms with Gasteiger partial charge in [0.05, 0.1) is 0 Å². The van der Waals surface area contributed by atoms with Crippen LogP contribution in [0.15, 0.2) is 24.3 Å². The van der Waals surface area contributed by atoms with E-state index in [1.807, 2.05) is 46.8 Å². The third-order valence-corrected chi connectivity index (χ3v) is 5.86. The quantitative estimate of drug-likeness (QED) is 0.386. The van der Waals surface area contributed by atoms with E-state index >= 15 is 0 Å². The molecule has 1 aromatic rings. The molecule has 0 radical (unpaired) electrons. The summed E-state index contributed by atoms with van der Waals surface area (Å²) in [5, 5.41) is 5.74. The van der Waals surface area contributed by atoms with Crippen LogP contribution in [0.2, 0.25) is 0 Å². The van der Waals surface area contributed by atoms with Crippen molar-refractivity contribution in [2.75, 3.05) is 0 Å². The largest absolute Gasteiger partial charge is 0.444 e. The molecule has 7 heteroatoms. The number of rotatable bonds is 11. The van der Waals surface area contributed by atoms with Crippen LogP contribution in [0.5, 0.6) is 0 Å². The molecule has 0 bridgehead atoms. The topological polar surface area (TPSA) is 87.7 Å². The first kappa shape index (κ1) is 32.0. The average molecular weight is 514 g/mol. The van der Waals surface area contributed by atoms with E-state index in [0.717, 1.165) is 6.42 Å². The molecule has 3 unspecified atom stereocenters. The highest BCUT2D eigenvalue weighted by Crippen LogP contribution is 2.30. The summed E-state index contributed by atoms with van der Waals surface area (Å²) in [6.07, 6.45) is 6.69. The number of amides is 3. The van der Waals surface area contributed by atoms with Gasteiger partial charge in [-0.25, -0.2) is 4.79 Å². The molecule has 3 atom stereocenters. The van der Waals surface area contributed by atoms with Gasteiger partial charge in [-0.3, -0.25) is 9.59 Å². The third kappa shape index (κ3) is 10.1. The maximum Gasteiger partial charge on any atom is 0.408 e. The Balaban J connectivity index is 3.68. The van der Waals surface area contributed by atoms with Gasteiger partial charge in [0.15, 0.2) is 0 Å². The zero-order valence-electron chi connectivity index (χ0n) is 24.3. The van der Waals surface area contributed by atoms with Crippen LogP contribution in [0.1, 0.15) is 99.2 Å². The molecular formula is C30H47N3O4. The van der Waals surface area contributed by atoms with Crippen LogP contribution in [0, 0.1) is 24.2 Å². The number of hydrogen-bond donors (Lipinski definition) is 2. The average Bonchev–Trinajstić information content (AvgIpc) is 2.77. The summed E-state index contributed by atoms with van der Waals surface area (Å²) in [6, 6.07) is 4.88. The van der Waals surface area contributed by atoms with Crippen molar-refractivity contribution < 1.29 is 19.1 Å². The second kappa shape index (κ2) is 14.1. The van der Waals surface area contributed by atoms with Crippen LogP contribution < -0.4 is 10.6 Å². The van der Waals surface area contributed by atoms with E-state index in [-0.39, 0.29) is 29.8 Å². The molecule has 1 rings (SSSR count). The Hall–Kier alpha value is -3.01. The summed E-state index contributed by atoms with van der Waals surface area (Å²) in [6.45, 7) is 18.9. The van der Waals surface area contributed by atoms with Gasteiger partial charge in [-0.1, -0.05) is 51.8 Å². The summed E-state index contributed by atoms with van der Waals surface area (Å²) in [4.78, 5) is 42.3. The number of alkyl carbamates (subject to hydrolysis) is 1. The van der Waals surface area contributed by atoms with Gasteiger partial charge in [0, 0.05) is 17.6 Å². The van der Waals surface area contributed by atoms with Crippen molar-refractivity contribution in [2.24, 2.45) is 11.8 Å². The van der Waals surface area contributed by atoms with Crippen LogP contribution in [0.4, 0.5) is 4.79 Å². The zero-order chi connectivity index (χ0) is 28.5. The Morgan fingerprint density at radius 3 is 2.05 bits per heavy atom. The molecule has 0 saturated carbocycles. The van der Waals surface area contributed by atoms with E-state index in [2.05, 4.69) is 30.4 Å². The predicted octanol–water partition coefficient (Wildman–Crippen LogP) is 5.44. The maximum absolute atomic E-state index is 14.3. The van der Waals surface area contributed by atoms with Crippen LogP contribution >= 0.6 is 0 Å². The number of carbonyl (C=O) groups is 3. The Labute approximate surface area is 224 Å². The van der Waals surface area contributed by atoms with Gasteiger partial charge in [0.1, 0.15) is 17.7 Å². The van der Waals surface area contributed by atoms with E-state index < -0.39 is 23.8 Å². The highest BCUT2D eigenvalue weighted by atomic mass is 16.6. The van der Waals surface area contributed by atoms with E-state index in [0.29, 0.717) is 23.5 Å². The number of benzene rings is 1. The van der Waals surface area contributed by atoms with E-state index in [4.69, 9.17) is 11.2 Å². The first-order valence-corrected chi connectivity index (χ1v) is 13.3. The Bertz CT molecular complexity index is 956. The number of terminal acetylenes is 1. The Kier molecular flexibility index (Phi) is 12.2. The first-order valence-electron chi connectivity index (χ1n) is 13.3. The first-order chi connectivity index (χ1) is 17.1. The van der Waals surface area contributed by atoms with E-state index in [1.54, 1.807) is 37.8 Å². The highest BCUT2D eigenvalue weighted by Gasteiger charge is 2.40. The van der Waals surface area contributed by atoms with Gasteiger partial charge in [-0.2, -0.15) is 0 Å². The smallest absolute Gasteiger partial charge is 0.408 e. The standard InChI is InChI=1S/C30H47N3O4/c1-12-23-15-13-14-16-24(23)26(27(34)31-21(6)7)33(22(8)18-17-19(2)3)28(35)25(20(4)5)32-29(36)37-30(9,10)11/h1,13-16,19-22,25-26H,17-18H2,2-11H3,(H,31,34)(H,32,36). The molecule has 37 heavy (non-hydrogen) atoms. The predicted molar refractivity (Wildman–Crippen MR) is 149 cm³/mol. The van der Waals surface area contributed by atoms with Crippen molar-refractivity contribution >= 4 is 17.9 Å². The van der Waals surface area contributed by atoms with Crippen molar-refractivity contribution in [1.29, 1.82) is 0 Å². The molecule has 0 heterocycles. The number of nitrogens with zero attached hydrogens (tertiary/aromatic N) is 1. The van der Waals surface area contributed by atoms with Gasteiger partial charge in [-0.05, 0) is 77.8 Å². The minimum Gasteiger partial charge on any atom is -0.444 e. The molecule has 1 aromatic carbocycles. The SMILES string of the molecule is C#Cc1ccccc1C(C(=O)NC(C)C)N(C(=O)C(NC(=O)OC(C)(C)C)C(C)C)C(C)CCC(C)C. The number of ether oxygens (including phenoxy) is 1. The van der Waals surface area contributed by atoms with Crippen LogP contribution in [-0.4, -0.2) is 46.5 Å². The molecule has 206 valence electrons. The minimum absolute atomic E-state index is 0.142. The van der Waals surface area contributed by atoms with Gasteiger partial charge >= 0.3 is 6.09 Å². The molecule has 3 amide bonds. The zero-order valence-corrected chi connectivity index (χ0v) is 24.3. The molecule has 0 spiro atoms. The monoisotopic (exact) mass is 513 g/mol. The summed E-state index contributed by atoms with van der Waals surface area (Å²) in [7, 11) is 0. The lowest BCUT2D eigenvalue weighted by Gasteiger charge is -2.40. The van der Waals surface area contributed by atoms with Crippen molar-refractivity contribution in [2.45, 2.75) is 112 Å². The van der Waals surface area contributed by atoms with Gasteiger partial charge < -0.3 is 20.3 Å². The highest BCUT2D eigenvalue weighted by molar-refractivity contribution is 5.93.